The quantitative estimate of drug-likeness (QED) is 0.633. The molecule has 0 aliphatic carbocycles. The van der Waals surface area contributed by atoms with Crippen LogP contribution in [0.2, 0.25) is 5.02 Å². The average Bonchev–Trinajstić information content (AvgIpc) is 3.02. The zero-order valence-corrected chi connectivity index (χ0v) is 17.6. The van der Waals surface area contributed by atoms with Crippen LogP contribution in [0, 0.1) is 19.7 Å². The van der Waals surface area contributed by atoms with Crippen molar-refractivity contribution in [2.45, 2.75) is 31.7 Å². The molecule has 1 atom stereocenters. The summed E-state index contributed by atoms with van der Waals surface area (Å²) in [7, 11) is -3.91. The van der Waals surface area contributed by atoms with Crippen molar-refractivity contribution in [2.24, 2.45) is 0 Å². The number of aromatic nitrogens is 2. The molecule has 1 unspecified atom stereocenters. The van der Waals surface area contributed by atoms with Gasteiger partial charge in [-0.2, -0.15) is 5.10 Å². The van der Waals surface area contributed by atoms with Crippen molar-refractivity contribution >= 4 is 27.3 Å². The number of allylic oxidation sites excluding steroid dienone is 2. The fourth-order valence-electron chi connectivity index (χ4n) is 3.54. The Balaban J connectivity index is 1.96. The van der Waals surface area contributed by atoms with Gasteiger partial charge in [0.05, 0.1) is 15.5 Å². The summed E-state index contributed by atoms with van der Waals surface area (Å²) >= 11 is 5.93. The summed E-state index contributed by atoms with van der Waals surface area (Å²) in [4.78, 5) is 0.238. The topological polar surface area (TPSA) is 64.0 Å². The van der Waals surface area contributed by atoms with Gasteiger partial charge in [0.15, 0.2) is 0 Å². The van der Waals surface area contributed by atoms with E-state index >= 15 is 0 Å². The predicted molar refractivity (Wildman–Crippen MR) is 111 cm³/mol. The number of hydrogen-bond donors (Lipinski definition) is 1. The summed E-state index contributed by atoms with van der Waals surface area (Å²) in [6.45, 7) is 5.19. The number of nitrogens with zero attached hydrogens (tertiary/aromatic N) is 2. The van der Waals surface area contributed by atoms with E-state index in [-0.39, 0.29) is 9.80 Å². The number of hydrogen-bond acceptors (Lipinski definition) is 4. The van der Waals surface area contributed by atoms with Gasteiger partial charge in [-0.05, 0) is 62.2 Å². The minimum atomic E-state index is -3.91. The number of anilines is 1. The largest absolute Gasteiger partial charge is 0.343 e. The maximum atomic E-state index is 14.4. The van der Waals surface area contributed by atoms with Gasteiger partial charge in [-0.15, -0.1) is 0 Å². The Morgan fingerprint density at radius 3 is 2.41 bits per heavy atom. The molecule has 2 aromatic carbocycles. The molecular weight excluding hydrogens is 413 g/mol. The first-order valence-electron chi connectivity index (χ1n) is 8.99. The summed E-state index contributed by atoms with van der Waals surface area (Å²) in [5.74, 6) is 0.258. The second-order valence-electron chi connectivity index (χ2n) is 7.10. The second kappa shape index (κ2) is 7.00. The SMILES string of the molecule is CC1=C(S(=O)(=O)c2ccc(Cl)cc2)C(c2ccc(C)c(F)c2)n2nc(C)cc2N1. The second-order valence-corrected chi connectivity index (χ2v) is 9.45. The first-order valence-corrected chi connectivity index (χ1v) is 10.9. The fraction of sp³-hybridized carbons (Fsp3) is 0.190. The van der Waals surface area contributed by atoms with Crippen LogP contribution in [0.1, 0.15) is 29.8 Å². The van der Waals surface area contributed by atoms with Crippen molar-refractivity contribution in [1.29, 1.82) is 0 Å². The van der Waals surface area contributed by atoms with Crippen LogP contribution in [0.25, 0.3) is 0 Å². The number of benzene rings is 2. The Bertz CT molecular complexity index is 1250. The highest BCUT2D eigenvalue weighted by molar-refractivity contribution is 7.95. The number of aryl methyl sites for hydroxylation is 2. The summed E-state index contributed by atoms with van der Waals surface area (Å²) < 4.78 is 43.1. The lowest BCUT2D eigenvalue weighted by atomic mass is 10.0. The Morgan fingerprint density at radius 2 is 1.76 bits per heavy atom. The third kappa shape index (κ3) is 3.34. The highest BCUT2D eigenvalue weighted by Gasteiger charge is 2.37. The molecular formula is C21H19ClFN3O2S. The first-order chi connectivity index (χ1) is 13.7. The standard InChI is InChI=1S/C21H19ClFN3O2S/c1-12-4-5-15(11-18(12)23)20-21(14(3)24-19-10-13(2)25-26(19)20)29(27,28)17-8-6-16(22)7-9-17/h4-11,20,24H,1-3H3. The third-order valence-corrected chi connectivity index (χ3v) is 7.21. The molecule has 1 aromatic heterocycles. The van der Waals surface area contributed by atoms with E-state index in [9.17, 15) is 12.8 Å². The molecule has 5 nitrogen and oxygen atoms in total. The molecule has 0 spiro atoms. The van der Waals surface area contributed by atoms with Gasteiger partial charge < -0.3 is 5.32 Å². The normalized spacial score (nSPS) is 16.5. The molecule has 150 valence electrons. The fourth-order valence-corrected chi connectivity index (χ4v) is 5.40. The van der Waals surface area contributed by atoms with Crippen molar-refractivity contribution in [1.82, 2.24) is 9.78 Å². The van der Waals surface area contributed by atoms with E-state index in [0.717, 1.165) is 5.69 Å². The molecule has 8 heteroatoms. The number of rotatable bonds is 3. The predicted octanol–water partition coefficient (Wildman–Crippen LogP) is 5.01. The van der Waals surface area contributed by atoms with Gasteiger partial charge in [-0.1, -0.05) is 23.7 Å². The summed E-state index contributed by atoms with van der Waals surface area (Å²) in [5, 5.41) is 8.05. The van der Waals surface area contributed by atoms with Crippen molar-refractivity contribution in [2.75, 3.05) is 5.32 Å². The monoisotopic (exact) mass is 431 g/mol. The minimum absolute atomic E-state index is 0.114. The van der Waals surface area contributed by atoms with Crippen LogP contribution in [0.15, 0.2) is 64.0 Å². The maximum absolute atomic E-state index is 14.4. The van der Waals surface area contributed by atoms with Crippen LogP contribution in [-0.4, -0.2) is 18.2 Å². The Morgan fingerprint density at radius 1 is 1.07 bits per heavy atom. The molecule has 1 aliphatic heterocycles. The molecule has 0 saturated carbocycles. The van der Waals surface area contributed by atoms with E-state index in [1.165, 1.54) is 30.3 Å². The Labute approximate surface area is 173 Å². The van der Waals surface area contributed by atoms with Gasteiger partial charge in [0.25, 0.3) is 0 Å². The number of halogens is 2. The zero-order valence-electron chi connectivity index (χ0n) is 16.1. The average molecular weight is 432 g/mol. The molecule has 4 rings (SSSR count). The molecule has 29 heavy (non-hydrogen) atoms. The molecule has 1 N–H and O–H groups in total. The van der Waals surface area contributed by atoms with E-state index in [1.54, 1.807) is 30.7 Å². The molecule has 0 amide bonds. The van der Waals surface area contributed by atoms with Gasteiger partial charge in [0, 0.05) is 16.8 Å². The lowest BCUT2D eigenvalue weighted by Crippen LogP contribution is -2.28. The van der Waals surface area contributed by atoms with E-state index in [0.29, 0.717) is 27.7 Å². The van der Waals surface area contributed by atoms with Crippen LogP contribution in [-0.2, 0) is 9.84 Å². The van der Waals surface area contributed by atoms with Gasteiger partial charge in [-0.25, -0.2) is 17.5 Å². The summed E-state index contributed by atoms with van der Waals surface area (Å²) in [5.41, 5.74) is 2.19. The van der Waals surface area contributed by atoms with Crippen molar-refractivity contribution in [3.63, 3.8) is 0 Å². The lowest BCUT2D eigenvalue weighted by Gasteiger charge is -2.30. The minimum Gasteiger partial charge on any atom is -0.343 e. The highest BCUT2D eigenvalue weighted by atomic mass is 35.5. The molecule has 0 saturated heterocycles. The van der Waals surface area contributed by atoms with Crippen molar-refractivity contribution in [3.05, 3.63) is 86.8 Å². The number of sulfone groups is 1. The van der Waals surface area contributed by atoms with Crippen molar-refractivity contribution in [3.8, 4) is 0 Å². The third-order valence-electron chi connectivity index (χ3n) is 4.96. The van der Waals surface area contributed by atoms with E-state index in [2.05, 4.69) is 10.4 Å². The Kier molecular flexibility index (Phi) is 4.75. The van der Waals surface area contributed by atoms with E-state index in [4.69, 9.17) is 11.6 Å². The van der Waals surface area contributed by atoms with Gasteiger partial charge >= 0.3 is 0 Å². The molecule has 1 aliphatic rings. The molecule has 0 bridgehead atoms. The number of fused-ring (bicyclic) bond motifs is 1. The zero-order chi connectivity index (χ0) is 20.9. The van der Waals surface area contributed by atoms with Crippen LogP contribution in [0.5, 0.6) is 0 Å². The van der Waals surface area contributed by atoms with Gasteiger partial charge in [0.1, 0.15) is 17.7 Å². The molecule has 2 heterocycles. The summed E-state index contributed by atoms with van der Waals surface area (Å²) in [6.07, 6.45) is 0. The molecule has 0 radical (unpaired) electrons. The smallest absolute Gasteiger partial charge is 0.206 e. The molecule has 0 fully saturated rings. The summed E-state index contributed by atoms with van der Waals surface area (Å²) in [6, 6.07) is 11.8. The van der Waals surface area contributed by atoms with Gasteiger partial charge in [0.2, 0.25) is 9.84 Å². The maximum Gasteiger partial charge on any atom is 0.206 e. The van der Waals surface area contributed by atoms with Gasteiger partial charge in [-0.3, -0.25) is 0 Å². The first kappa shape index (κ1) is 19.7. The Hall–Kier alpha value is -2.64. The van der Waals surface area contributed by atoms with E-state index < -0.39 is 21.7 Å². The van der Waals surface area contributed by atoms with E-state index in [1.807, 2.05) is 13.0 Å². The highest BCUT2D eigenvalue weighted by Crippen LogP contribution is 2.41. The van der Waals surface area contributed by atoms with Crippen LogP contribution in [0.4, 0.5) is 10.2 Å². The molecule has 3 aromatic rings. The van der Waals surface area contributed by atoms with Crippen LogP contribution in [0.3, 0.4) is 0 Å². The van der Waals surface area contributed by atoms with Crippen LogP contribution >= 0.6 is 11.6 Å². The van der Waals surface area contributed by atoms with Crippen molar-refractivity contribution < 1.29 is 12.8 Å². The number of nitrogens with one attached hydrogen (secondary N) is 1. The van der Waals surface area contributed by atoms with Crippen LogP contribution < -0.4 is 5.32 Å². The lowest BCUT2D eigenvalue weighted by molar-refractivity contribution is 0.556.